The van der Waals surface area contributed by atoms with Crippen molar-refractivity contribution in [3.8, 4) is 0 Å². The van der Waals surface area contributed by atoms with E-state index in [1.807, 2.05) is 0 Å². The van der Waals surface area contributed by atoms with Crippen molar-refractivity contribution in [1.82, 2.24) is 0 Å². The summed E-state index contributed by atoms with van der Waals surface area (Å²) in [6, 6.07) is 9.01. The lowest BCUT2D eigenvalue weighted by atomic mass is 10.1. The van der Waals surface area contributed by atoms with Gasteiger partial charge in [-0.3, -0.25) is 0 Å². The molecule has 15 heavy (non-hydrogen) atoms. The second-order valence-corrected chi connectivity index (χ2v) is 3.88. The van der Waals surface area contributed by atoms with Gasteiger partial charge >= 0.3 is 0 Å². The van der Waals surface area contributed by atoms with E-state index in [1.165, 1.54) is 24.3 Å². The van der Waals surface area contributed by atoms with Crippen LogP contribution in [0, 0.1) is 5.82 Å². The Labute approximate surface area is 94.5 Å². The zero-order chi connectivity index (χ0) is 10.8. The van der Waals surface area contributed by atoms with E-state index in [0.29, 0.717) is 16.0 Å². The fourth-order valence-corrected chi connectivity index (χ4v) is 1.60. The second-order valence-electron chi connectivity index (χ2n) is 3.10. The molecule has 0 aliphatic heterocycles. The van der Waals surface area contributed by atoms with Gasteiger partial charge in [0, 0.05) is 0 Å². The number of aliphatic hydroxyl groups is 1. The second kappa shape index (κ2) is 4.16. The third-order valence-corrected chi connectivity index (χ3v) is 2.48. The Morgan fingerprint density at radius 1 is 1.13 bits per heavy atom. The van der Waals surface area contributed by atoms with Crippen molar-refractivity contribution in [3.63, 3.8) is 0 Å². The zero-order valence-electron chi connectivity index (χ0n) is 7.65. The first-order valence-electron chi connectivity index (χ1n) is 4.35. The minimum atomic E-state index is -0.864. The first-order chi connectivity index (χ1) is 7.16. The summed E-state index contributed by atoms with van der Waals surface area (Å²) in [6.45, 7) is 0. The van der Waals surface area contributed by atoms with E-state index in [0.717, 1.165) is 0 Å². The van der Waals surface area contributed by atoms with Crippen LogP contribution in [-0.2, 0) is 0 Å². The topological polar surface area (TPSA) is 33.4 Å². The number of aliphatic hydroxyl groups excluding tert-OH is 1. The quantitative estimate of drug-likeness (QED) is 0.909. The van der Waals surface area contributed by atoms with E-state index < -0.39 is 6.10 Å². The lowest BCUT2D eigenvalue weighted by Gasteiger charge is -2.07. The molecule has 0 bridgehead atoms. The van der Waals surface area contributed by atoms with Gasteiger partial charge in [-0.2, -0.15) is 0 Å². The van der Waals surface area contributed by atoms with E-state index in [1.54, 1.807) is 12.1 Å². The van der Waals surface area contributed by atoms with Crippen molar-refractivity contribution in [2.75, 3.05) is 0 Å². The minimum Gasteiger partial charge on any atom is -0.451 e. The standard InChI is InChI=1S/C11H8BrFO2/c12-10-6-5-9(15-10)11(14)7-1-3-8(13)4-2-7/h1-6,11,14H. The number of hydrogen-bond acceptors (Lipinski definition) is 2. The van der Waals surface area contributed by atoms with E-state index in [4.69, 9.17) is 4.42 Å². The molecule has 0 saturated carbocycles. The van der Waals surface area contributed by atoms with Crippen LogP contribution < -0.4 is 0 Å². The summed E-state index contributed by atoms with van der Waals surface area (Å²) in [5.41, 5.74) is 0.596. The maximum absolute atomic E-state index is 12.6. The van der Waals surface area contributed by atoms with Crippen molar-refractivity contribution in [2.24, 2.45) is 0 Å². The van der Waals surface area contributed by atoms with E-state index >= 15 is 0 Å². The molecule has 0 fully saturated rings. The highest BCUT2D eigenvalue weighted by Crippen LogP contribution is 2.25. The molecule has 1 aromatic carbocycles. The van der Waals surface area contributed by atoms with Gasteiger partial charge in [-0.25, -0.2) is 4.39 Å². The largest absolute Gasteiger partial charge is 0.451 e. The third kappa shape index (κ3) is 2.27. The molecule has 0 amide bonds. The van der Waals surface area contributed by atoms with Crippen LogP contribution in [0.15, 0.2) is 45.5 Å². The van der Waals surface area contributed by atoms with Crippen LogP contribution in [-0.4, -0.2) is 5.11 Å². The van der Waals surface area contributed by atoms with Crippen molar-refractivity contribution < 1.29 is 13.9 Å². The molecule has 2 rings (SSSR count). The number of furan rings is 1. The summed E-state index contributed by atoms with van der Waals surface area (Å²) in [4.78, 5) is 0. The van der Waals surface area contributed by atoms with Crippen LogP contribution in [0.1, 0.15) is 17.4 Å². The Bertz CT molecular complexity index is 450. The Kier molecular flexibility index (Phi) is 2.88. The minimum absolute atomic E-state index is 0.327. The molecule has 1 unspecified atom stereocenters. The van der Waals surface area contributed by atoms with Gasteiger partial charge in [0.15, 0.2) is 4.67 Å². The number of benzene rings is 1. The maximum Gasteiger partial charge on any atom is 0.169 e. The fraction of sp³-hybridized carbons (Fsp3) is 0.0909. The highest BCUT2D eigenvalue weighted by molar-refractivity contribution is 9.10. The van der Waals surface area contributed by atoms with E-state index in [-0.39, 0.29) is 5.82 Å². The smallest absolute Gasteiger partial charge is 0.169 e. The lowest BCUT2D eigenvalue weighted by molar-refractivity contribution is 0.187. The highest BCUT2D eigenvalue weighted by atomic mass is 79.9. The van der Waals surface area contributed by atoms with Gasteiger partial charge < -0.3 is 9.52 Å². The molecule has 0 aliphatic rings. The number of rotatable bonds is 2. The molecular weight excluding hydrogens is 263 g/mol. The van der Waals surface area contributed by atoms with Crippen molar-refractivity contribution in [3.05, 3.63) is 58.2 Å². The van der Waals surface area contributed by atoms with Crippen LogP contribution in [0.3, 0.4) is 0 Å². The number of halogens is 2. The summed E-state index contributed by atoms with van der Waals surface area (Å²) < 4.78 is 18.4. The Hall–Kier alpha value is -1.13. The molecule has 78 valence electrons. The molecule has 1 heterocycles. The molecule has 2 aromatic rings. The normalized spacial score (nSPS) is 12.7. The third-order valence-electron chi connectivity index (χ3n) is 2.05. The summed E-state index contributed by atoms with van der Waals surface area (Å²) in [6.07, 6.45) is -0.864. The Morgan fingerprint density at radius 3 is 2.33 bits per heavy atom. The van der Waals surface area contributed by atoms with Crippen molar-refractivity contribution in [1.29, 1.82) is 0 Å². The van der Waals surface area contributed by atoms with Crippen LogP contribution in [0.25, 0.3) is 0 Å². The van der Waals surface area contributed by atoms with Gasteiger partial charge in [-0.15, -0.1) is 0 Å². The van der Waals surface area contributed by atoms with Gasteiger partial charge in [0.1, 0.15) is 17.7 Å². The molecule has 0 radical (unpaired) electrons. The maximum atomic E-state index is 12.6. The fourth-order valence-electron chi connectivity index (χ4n) is 1.28. The SMILES string of the molecule is OC(c1ccc(F)cc1)c1ccc(Br)o1. The van der Waals surface area contributed by atoms with Crippen LogP contribution in [0.4, 0.5) is 4.39 Å². The first-order valence-corrected chi connectivity index (χ1v) is 5.15. The van der Waals surface area contributed by atoms with Gasteiger partial charge in [0.2, 0.25) is 0 Å². The molecular formula is C11H8BrFO2. The molecule has 0 aliphatic carbocycles. The predicted octanol–water partition coefficient (Wildman–Crippen LogP) is 3.26. The van der Waals surface area contributed by atoms with Crippen LogP contribution in [0.5, 0.6) is 0 Å². The molecule has 0 saturated heterocycles. The lowest BCUT2D eigenvalue weighted by Crippen LogP contribution is -1.97. The average Bonchev–Trinajstić information content (AvgIpc) is 2.65. The van der Waals surface area contributed by atoms with Crippen LogP contribution >= 0.6 is 15.9 Å². The zero-order valence-corrected chi connectivity index (χ0v) is 9.24. The molecule has 1 aromatic heterocycles. The molecule has 2 nitrogen and oxygen atoms in total. The average molecular weight is 271 g/mol. The summed E-state index contributed by atoms with van der Waals surface area (Å²) >= 11 is 3.15. The van der Waals surface area contributed by atoms with Crippen molar-refractivity contribution in [2.45, 2.75) is 6.10 Å². The van der Waals surface area contributed by atoms with E-state index in [2.05, 4.69) is 15.9 Å². The summed E-state index contributed by atoms with van der Waals surface area (Å²) in [5.74, 6) is 0.0973. The Balaban J connectivity index is 2.28. The molecule has 4 heteroatoms. The number of hydrogen-bond donors (Lipinski definition) is 1. The summed E-state index contributed by atoms with van der Waals surface area (Å²) in [7, 11) is 0. The molecule has 1 atom stereocenters. The monoisotopic (exact) mass is 270 g/mol. The van der Waals surface area contributed by atoms with E-state index in [9.17, 15) is 9.50 Å². The highest BCUT2D eigenvalue weighted by Gasteiger charge is 2.13. The Morgan fingerprint density at radius 2 is 1.80 bits per heavy atom. The van der Waals surface area contributed by atoms with Crippen LogP contribution in [0.2, 0.25) is 0 Å². The first kappa shape index (κ1) is 10.4. The van der Waals surface area contributed by atoms with Gasteiger partial charge in [0.05, 0.1) is 0 Å². The predicted molar refractivity (Wildman–Crippen MR) is 56.9 cm³/mol. The van der Waals surface area contributed by atoms with Gasteiger partial charge in [-0.05, 0) is 45.8 Å². The van der Waals surface area contributed by atoms with Gasteiger partial charge in [0.25, 0.3) is 0 Å². The van der Waals surface area contributed by atoms with Gasteiger partial charge in [-0.1, -0.05) is 12.1 Å². The molecule has 0 spiro atoms. The molecule has 1 N–H and O–H groups in total. The van der Waals surface area contributed by atoms with Crippen molar-refractivity contribution >= 4 is 15.9 Å². The summed E-state index contributed by atoms with van der Waals surface area (Å²) in [5, 5.41) is 9.86.